The molecule has 1 saturated carbocycles. The molecule has 102 valence electrons. The Morgan fingerprint density at radius 2 is 1.50 bits per heavy atom. The van der Waals surface area contributed by atoms with Crippen LogP contribution in [0.3, 0.4) is 0 Å². The minimum atomic E-state index is 0.0404. The molecule has 2 atom stereocenters. The van der Waals surface area contributed by atoms with Gasteiger partial charge in [0, 0.05) is 18.5 Å². The molecule has 0 N–H and O–H groups in total. The SMILES string of the molecule is ClC1c2ccccc2C(c2ccccc2)CN1C1CC1. The number of nitrogens with zero attached hydrogens (tertiary/aromatic N) is 1. The predicted molar refractivity (Wildman–Crippen MR) is 83.0 cm³/mol. The molecule has 1 aliphatic carbocycles. The summed E-state index contributed by atoms with van der Waals surface area (Å²) in [5.74, 6) is 0.447. The zero-order chi connectivity index (χ0) is 13.5. The topological polar surface area (TPSA) is 3.24 Å². The lowest BCUT2D eigenvalue weighted by Gasteiger charge is -2.38. The van der Waals surface area contributed by atoms with Crippen LogP contribution in [0.4, 0.5) is 0 Å². The van der Waals surface area contributed by atoms with Gasteiger partial charge in [-0.15, -0.1) is 11.6 Å². The van der Waals surface area contributed by atoms with Gasteiger partial charge in [0.15, 0.2) is 0 Å². The lowest BCUT2D eigenvalue weighted by molar-refractivity contribution is 0.218. The number of benzene rings is 2. The number of halogens is 1. The van der Waals surface area contributed by atoms with Crippen LogP contribution in [0.2, 0.25) is 0 Å². The summed E-state index contributed by atoms with van der Waals surface area (Å²) in [4.78, 5) is 2.49. The van der Waals surface area contributed by atoms with Gasteiger partial charge in [-0.05, 0) is 29.5 Å². The number of hydrogen-bond donors (Lipinski definition) is 0. The summed E-state index contributed by atoms with van der Waals surface area (Å²) in [5, 5.41) is 0. The van der Waals surface area contributed by atoms with Gasteiger partial charge in [-0.2, -0.15) is 0 Å². The van der Waals surface area contributed by atoms with E-state index in [1.165, 1.54) is 29.5 Å². The Kier molecular flexibility index (Phi) is 3.05. The van der Waals surface area contributed by atoms with E-state index < -0.39 is 0 Å². The van der Waals surface area contributed by atoms with E-state index in [0.29, 0.717) is 12.0 Å². The van der Waals surface area contributed by atoms with E-state index in [4.69, 9.17) is 11.6 Å². The van der Waals surface area contributed by atoms with E-state index in [1.54, 1.807) is 0 Å². The van der Waals surface area contributed by atoms with Gasteiger partial charge in [-0.25, -0.2) is 0 Å². The highest BCUT2D eigenvalue weighted by molar-refractivity contribution is 6.20. The Morgan fingerprint density at radius 3 is 2.20 bits per heavy atom. The van der Waals surface area contributed by atoms with Crippen LogP contribution in [0, 0.1) is 0 Å². The Balaban J connectivity index is 1.80. The molecule has 1 heterocycles. The van der Waals surface area contributed by atoms with Crippen LogP contribution in [0.5, 0.6) is 0 Å². The van der Waals surface area contributed by atoms with Gasteiger partial charge in [-0.1, -0.05) is 54.6 Å². The van der Waals surface area contributed by atoms with E-state index in [1.807, 2.05) is 0 Å². The molecule has 2 aliphatic rings. The Labute approximate surface area is 125 Å². The fraction of sp³-hybridized carbons (Fsp3) is 0.333. The van der Waals surface area contributed by atoms with Crippen LogP contribution in [-0.2, 0) is 0 Å². The Morgan fingerprint density at radius 1 is 0.850 bits per heavy atom. The summed E-state index contributed by atoms with van der Waals surface area (Å²) in [6, 6.07) is 20.2. The molecule has 4 rings (SSSR count). The molecule has 2 aromatic carbocycles. The second-order valence-corrected chi connectivity index (χ2v) is 6.27. The first kappa shape index (κ1) is 12.4. The zero-order valence-electron chi connectivity index (χ0n) is 11.4. The number of rotatable bonds is 2. The molecule has 0 aromatic heterocycles. The standard InChI is InChI=1S/C18H18ClN/c19-18-16-9-5-4-8-15(16)17(12-20(18)14-10-11-14)13-6-2-1-3-7-13/h1-9,14,17-18H,10-12H2. The smallest absolute Gasteiger partial charge is 0.111 e. The molecule has 2 aromatic rings. The second-order valence-electron chi connectivity index (χ2n) is 5.86. The van der Waals surface area contributed by atoms with Crippen LogP contribution in [0.1, 0.15) is 41.0 Å². The summed E-state index contributed by atoms with van der Waals surface area (Å²) in [5.41, 5.74) is 4.13. The van der Waals surface area contributed by atoms with Crippen molar-refractivity contribution in [3.05, 3.63) is 71.3 Å². The van der Waals surface area contributed by atoms with Crippen LogP contribution in [0.15, 0.2) is 54.6 Å². The van der Waals surface area contributed by atoms with Gasteiger partial charge in [-0.3, -0.25) is 4.90 Å². The van der Waals surface area contributed by atoms with E-state index in [-0.39, 0.29) is 5.50 Å². The maximum atomic E-state index is 6.73. The molecule has 0 bridgehead atoms. The molecule has 2 unspecified atom stereocenters. The third kappa shape index (κ3) is 2.06. The summed E-state index contributed by atoms with van der Waals surface area (Å²) >= 11 is 6.73. The molecule has 0 radical (unpaired) electrons. The predicted octanol–water partition coefficient (Wildman–Crippen LogP) is 4.53. The van der Waals surface area contributed by atoms with Gasteiger partial charge in [0.25, 0.3) is 0 Å². The van der Waals surface area contributed by atoms with Gasteiger partial charge in [0.2, 0.25) is 0 Å². The van der Waals surface area contributed by atoms with Crippen molar-refractivity contribution in [2.45, 2.75) is 30.3 Å². The highest BCUT2D eigenvalue weighted by atomic mass is 35.5. The third-order valence-corrected chi connectivity index (χ3v) is 5.02. The lowest BCUT2D eigenvalue weighted by Crippen LogP contribution is -2.37. The van der Waals surface area contributed by atoms with E-state index in [2.05, 4.69) is 59.5 Å². The average molecular weight is 284 g/mol. The number of fused-ring (bicyclic) bond motifs is 1. The zero-order valence-corrected chi connectivity index (χ0v) is 12.1. The van der Waals surface area contributed by atoms with Crippen molar-refractivity contribution >= 4 is 11.6 Å². The van der Waals surface area contributed by atoms with Gasteiger partial charge in [0.1, 0.15) is 5.50 Å². The lowest BCUT2D eigenvalue weighted by atomic mass is 9.84. The molecule has 0 spiro atoms. The Hall–Kier alpha value is -1.31. The molecule has 1 aliphatic heterocycles. The van der Waals surface area contributed by atoms with Gasteiger partial charge < -0.3 is 0 Å². The normalized spacial score (nSPS) is 26.2. The van der Waals surface area contributed by atoms with Crippen molar-refractivity contribution in [2.24, 2.45) is 0 Å². The van der Waals surface area contributed by atoms with E-state index in [9.17, 15) is 0 Å². The Bertz CT molecular complexity index is 606. The van der Waals surface area contributed by atoms with Crippen LogP contribution in [0.25, 0.3) is 0 Å². The molecule has 0 amide bonds. The highest BCUT2D eigenvalue weighted by Gasteiger charge is 2.40. The summed E-state index contributed by atoms with van der Waals surface area (Å²) in [6.45, 7) is 1.04. The maximum absolute atomic E-state index is 6.73. The summed E-state index contributed by atoms with van der Waals surface area (Å²) in [6.07, 6.45) is 2.60. The molecular weight excluding hydrogens is 266 g/mol. The van der Waals surface area contributed by atoms with E-state index >= 15 is 0 Å². The second kappa shape index (κ2) is 4.91. The fourth-order valence-electron chi connectivity index (χ4n) is 3.34. The molecule has 0 saturated heterocycles. The molecule has 20 heavy (non-hydrogen) atoms. The monoisotopic (exact) mass is 283 g/mol. The maximum Gasteiger partial charge on any atom is 0.111 e. The van der Waals surface area contributed by atoms with Crippen molar-refractivity contribution in [1.82, 2.24) is 4.90 Å². The molecular formula is C18H18ClN. The quantitative estimate of drug-likeness (QED) is 0.578. The minimum Gasteiger partial charge on any atom is -0.280 e. The van der Waals surface area contributed by atoms with Crippen molar-refractivity contribution in [3.8, 4) is 0 Å². The van der Waals surface area contributed by atoms with Crippen molar-refractivity contribution in [1.29, 1.82) is 0 Å². The number of alkyl halides is 1. The van der Waals surface area contributed by atoms with Crippen molar-refractivity contribution in [3.63, 3.8) is 0 Å². The largest absolute Gasteiger partial charge is 0.280 e. The molecule has 1 fully saturated rings. The van der Waals surface area contributed by atoms with Crippen LogP contribution < -0.4 is 0 Å². The van der Waals surface area contributed by atoms with Gasteiger partial charge in [0.05, 0.1) is 0 Å². The molecule has 2 heteroatoms. The average Bonchev–Trinajstić information content (AvgIpc) is 3.34. The third-order valence-electron chi connectivity index (χ3n) is 4.53. The minimum absolute atomic E-state index is 0.0404. The van der Waals surface area contributed by atoms with Crippen LogP contribution >= 0.6 is 11.6 Å². The first-order valence-corrected chi connectivity index (χ1v) is 7.82. The summed E-state index contributed by atoms with van der Waals surface area (Å²) in [7, 11) is 0. The van der Waals surface area contributed by atoms with Crippen molar-refractivity contribution in [2.75, 3.05) is 6.54 Å². The fourth-order valence-corrected chi connectivity index (χ4v) is 3.77. The first-order chi connectivity index (χ1) is 9.84. The highest BCUT2D eigenvalue weighted by Crippen LogP contribution is 2.45. The van der Waals surface area contributed by atoms with Crippen LogP contribution in [-0.4, -0.2) is 17.5 Å². The number of hydrogen-bond acceptors (Lipinski definition) is 1. The first-order valence-electron chi connectivity index (χ1n) is 7.38. The van der Waals surface area contributed by atoms with E-state index in [0.717, 1.165) is 6.54 Å². The summed E-state index contributed by atoms with van der Waals surface area (Å²) < 4.78 is 0. The van der Waals surface area contributed by atoms with Crippen molar-refractivity contribution < 1.29 is 0 Å². The molecule has 1 nitrogen and oxygen atoms in total. The van der Waals surface area contributed by atoms with Gasteiger partial charge >= 0.3 is 0 Å².